The Bertz CT molecular complexity index is 882. The summed E-state index contributed by atoms with van der Waals surface area (Å²) < 4.78 is 5.86. The average Bonchev–Trinajstić information content (AvgIpc) is 3.03. The van der Waals surface area contributed by atoms with E-state index in [2.05, 4.69) is 17.6 Å². The van der Waals surface area contributed by atoms with Gasteiger partial charge in [-0.05, 0) is 24.8 Å². The van der Waals surface area contributed by atoms with Crippen LogP contribution in [0, 0.1) is 5.92 Å². The lowest BCUT2D eigenvalue weighted by molar-refractivity contribution is -0.147. The van der Waals surface area contributed by atoms with E-state index in [-0.39, 0.29) is 25.1 Å². The molecule has 1 heterocycles. The third kappa shape index (κ3) is 5.02. The molecule has 28 heavy (non-hydrogen) atoms. The van der Waals surface area contributed by atoms with E-state index in [0.29, 0.717) is 15.8 Å². The number of fused-ring (bicyclic) bond motifs is 1. The third-order valence-corrected chi connectivity index (χ3v) is 6.63. The molecule has 3 rings (SSSR count). The highest BCUT2D eigenvalue weighted by Gasteiger charge is 2.23. The second-order valence-electron chi connectivity index (χ2n) is 7.02. The highest BCUT2D eigenvalue weighted by atomic mass is 35.5. The minimum atomic E-state index is -0.669. The molecule has 1 aliphatic carbocycles. The maximum Gasteiger partial charge on any atom is 0.325 e. The van der Waals surface area contributed by atoms with Gasteiger partial charge in [-0.15, -0.1) is 11.3 Å². The Labute approximate surface area is 172 Å². The fourth-order valence-corrected chi connectivity index (χ4v) is 4.80. The van der Waals surface area contributed by atoms with Gasteiger partial charge in [0.15, 0.2) is 6.61 Å². The maximum absolute atomic E-state index is 12.3. The number of amides is 2. The zero-order chi connectivity index (χ0) is 20.1. The van der Waals surface area contributed by atoms with Gasteiger partial charge in [0, 0.05) is 16.1 Å². The van der Waals surface area contributed by atoms with Crippen molar-refractivity contribution in [3.05, 3.63) is 34.2 Å². The second kappa shape index (κ2) is 9.39. The number of benzene rings is 1. The molecular weight excluding hydrogens is 400 g/mol. The molecule has 8 heteroatoms. The molecule has 1 fully saturated rings. The summed E-state index contributed by atoms with van der Waals surface area (Å²) in [5.74, 6) is -0.995. The van der Waals surface area contributed by atoms with Crippen LogP contribution in [-0.4, -0.2) is 37.0 Å². The molecule has 0 aliphatic heterocycles. The van der Waals surface area contributed by atoms with Crippen LogP contribution in [0.2, 0.25) is 5.02 Å². The van der Waals surface area contributed by atoms with E-state index in [1.807, 2.05) is 24.3 Å². The van der Waals surface area contributed by atoms with Gasteiger partial charge in [0.2, 0.25) is 0 Å². The van der Waals surface area contributed by atoms with Crippen molar-refractivity contribution in [1.82, 2.24) is 10.6 Å². The van der Waals surface area contributed by atoms with Gasteiger partial charge in [-0.1, -0.05) is 49.6 Å². The van der Waals surface area contributed by atoms with Crippen LogP contribution >= 0.6 is 22.9 Å². The standard InChI is InChI=1S/C20H23ClN2O4S/c1-12-6-2-4-8-14(12)23-16(24)11-27-17(25)10-22-20(26)19-18(21)13-7-3-5-9-15(13)28-19/h3,5,7,9,12,14H,2,4,6,8,10-11H2,1H3,(H,22,26)(H,23,24)/t12-,14+/m0/s1. The molecule has 2 N–H and O–H groups in total. The van der Waals surface area contributed by atoms with E-state index in [1.54, 1.807) is 0 Å². The van der Waals surface area contributed by atoms with Crippen molar-refractivity contribution in [3.8, 4) is 0 Å². The van der Waals surface area contributed by atoms with Crippen molar-refractivity contribution >= 4 is 50.8 Å². The number of thiophene rings is 1. The Morgan fingerprint density at radius 1 is 1.21 bits per heavy atom. The Balaban J connectivity index is 1.44. The van der Waals surface area contributed by atoms with Crippen LogP contribution in [0.4, 0.5) is 0 Å². The summed E-state index contributed by atoms with van der Waals surface area (Å²) in [7, 11) is 0. The van der Waals surface area contributed by atoms with Gasteiger partial charge in [0.25, 0.3) is 11.8 Å². The van der Waals surface area contributed by atoms with Gasteiger partial charge in [-0.25, -0.2) is 0 Å². The molecule has 1 aromatic heterocycles. The normalized spacial score (nSPS) is 19.2. The Morgan fingerprint density at radius 2 is 1.96 bits per heavy atom. The quantitative estimate of drug-likeness (QED) is 0.697. The third-order valence-electron chi connectivity index (χ3n) is 4.96. The number of ether oxygens (including phenoxy) is 1. The average molecular weight is 423 g/mol. The van der Waals surface area contributed by atoms with Gasteiger partial charge in [0.05, 0.1) is 5.02 Å². The highest BCUT2D eigenvalue weighted by Crippen LogP contribution is 2.34. The molecule has 1 aliphatic rings. The lowest BCUT2D eigenvalue weighted by Gasteiger charge is -2.29. The first-order chi connectivity index (χ1) is 13.5. The summed E-state index contributed by atoms with van der Waals surface area (Å²) in [5.41, 5.74) is 0. The van der Waals surface area contributed by atoms with Crippen LogP contribution in [0.25, 0.3) is 10.1 Å². The lowest BCUT2D eigenvalue weighted by atomic mass is 9.86. The summed E-state index contributed by atoms with van der Waals surface area (Å²) in [4.78, 5) is 36.5. The van der Waals surface area contributed by atoms with Gasteiger partial charge in [-0.3, -0.25) is 14.4 Å². The maximum atomic E-state index is 12.3. The Hall–Kier alpha value is -2.12. The topological polar surface area (TPSA) is 84.5 Å². The molecule has 0 bridgehead atoms. The van der Waals surface area contributed by atoms with Gasteiger partial charge in [-0.2, -0.15) is 0 Å². The zero-order valence-electron chi connectivity index (χ0n) is 15.6. The summed E-state index contributed by atoms with van der Waals surface area (Å²) in [6, 6.07) is 7.56. The molecule has 0 radical (unpaired) electrons. The Morgan fingerprint density at radius 3 is 2.71 bits per heavy atom. The molecule has 2 aromatic rings. The largest absolute Gasteiger partial charge is 0.454 e. The number of nitrogens with one attached hydrogen (secondary N) is 2. The number of carbonyl (C=O) groups is 3. The van der Waals surface area contributed by atoms with Crippen LogP contribution < -0.4 is 10.6 Å². The van der Waals surface area contributed by atoms with E-state index in [1.165, 1.54) is 17.8 Å². The van der Waals surface area contributed by atoms with E-state index >= 15 is 0 Å². The van der Waals surface area contributed by atoms with E-state index in [4.69, 9.17) is 16.3 Å². The van der Waals surface area contributed by atoms with Crippen molar-refractivity contribution in [2.45, 2.75) is 38.6 Å². The monoisotopic (exact) mass is 422 g/mol. The summed E-state index contributed by atoms with van der Waals surface area (Å²) >= 11 is 7.52. The predicted octanol–water partition coefficient (Wildman–Crippen LogP) is 3.52. The van der Waals surface area contributed by atoms with Crippen LogP contribution in [0.5, 0.6) is 0 Å². The fraction of sp³-hybridized carbons (Fsp3) is 0.450. The van der Waals surface area contributed by atoms with Crippen molar-refractivity contribution in [1.29, 1.82) is 0 Å². The fourth-order valence-electron chi connectivity index (χ4n) is 3.37. The molecule has 0 spiro atoms. The first kappa shape index (κ1) is 20.6. The van der Waals surface area contributed by atoms with Crippen LogP contribution in [-0.2, 0) is 14.3 Å². The number of halogens is 1. The highest BCUT2D eigenvalue weighted by molar-refractivity contribution is 7.21. The minimum Gasteiger partial charge on any atom is -0.454 e. The Kier molecular flexibility index (Phi) is 6.91. The van der Waals surface area contributed by atoms with E-state index in [0.717, 1.165) is 29.3 Å². The number of carbonyl (C=O) groups excluding carboxylic acids is 3. The van der Waals surface area contributed by atoms with Gasteiger partial charge in [0.1, 0.15) is 11.4 Å². The van der Waals surface area contributed by atoms with Crippen molar-refractivity contribution in [3.63, 3.8) is 0 Å². The first-order valence-electron chi connectivity index (χ1n) is 9.36. The number of rotatable bonds is 6. The van der Waals surface area contributed by atoms with Crippen molar-refractivity contribution in [2.75, 3.05) is 13.2 Å². The number of esters is 1. The van der Waals surface area contributed by atoms with Crippen LogP contribution in [0.15, 0.2) is 24.3 Å². The molecule has 2 amide bonds. The molecule has 150 valence electrons. The molecule has 1 saturated carbocycles. The molecule has 0 unspecified atom stereocenters. The smallest absolute Gasteiger partial charge is 0.325 e. The lowest BCUT2D eigenvalue weighted by Crippen LogP contribution is -2.43. The van der Waals surface area contributed by atoms with Crippen LogP contribution in [0.3, 0.4) is 0 Å². The second-order valence-corrected chi connectivity index (χ2v) is 8.45. The summed E-state index contributed by atoms with van der Waals surface area (Å²) in [6.07, 6.45) is 4.33. The molecule has 2 atom stereocenters. The first-order valence-corrected chi connectivity index (χ1v) is 10.6. The molecule has 6 nitrogen and oxygen atoms in total. The minimum absolute atomic E-state index is 0.134. The number of hydrogen-bond donors (Lipinski definition) is 2. The molecule has 1 aromatic carbocycles. The SMILES string of the molecule is C[C@H]1CCCC[C@H]1NC(=O)COC(=O)CNC(=O)c1sc2ccccc2c1Cl. The predicted molar refractivity (Wildman–Crippen MR) is 110 cm³/mol. The van der Waals surface area contributed by atoms with Gasteiger partial charge >= 0.3 is 5.97 Å². The molecular formula is C20H23ClN2O4S. The van der Waals surface area contributed by atoms with E-state index < -0.39 is 11.9 Å². The van der Waals surface area contributed by atoms with Gasteiger partial charge < -0.3 is 15.4 Å². The molecule has 0 saturated heterocycles. The zero-order valence-corrected chi connectivity index (χ0v) is 17.2. The van der Waals surface area contributed by atoms with Crippen molar-refractivity contribution in [2.24, 2.45) is 5.92 Å². The number of hydrogen-bond acceptors (Lipinski definition) is 5. The van der Waals surface area contributed by atoms with Crippen molar-refractivity contribution < 1.29 is 19.1 Å². The van der Waals surface area contributed by atoms with Crippen LogP contribution in [0.1, 0.15) is 42.3 Å². The summed E-state index contributed by atoms with van der Waals surface area (Å²) in [6.45, 7) is 1.45. The summed E-state index contributed by atoms with van der Waals surface area (Å²) in [5, 5.41) is 6.58. The van der Waals surface area contributed by atoms with E-state index in [9.17, 15) is 14.4 Å².